The van der Waals surface area contributed by atoms with Crippen molar-refractivity contribution in [2.24, 2.45) is 0 Å². The summed E-state index contributed by atoms with van der Waals surface area (Å²) >= 11 is 0. The molecule has 0 bridgehead atoms. The van der Waals surface area contributed by atoms with Crippen molar-refractivity contribution in [1.29, 1.82) is 0 Å². The second-order valence-corrected chi connectivity index (χ2v) is 6.84. The van der Waals surface area contributed by atoms with E-state index in [9.17, 15) is 17.6 Å². The van der Waals surface area contributed by atoms with E-state index in [4.69, 9.17) is 9.47 Å². The molecule has 1 fully saturated rings. The molecule has 1 unspecified atom stereocenters. The Labute approximate surface area is 165 Å². The van der Waals surface area contributed by atoms with Gasteiger partial charge in [-0.2, -0.15) is 4.39 Å². The maximum absolute atomic E-state index is 14.4. The zero-order chi connectivity index (χ0) is 20.5. The number of ether oxygens (including phenoxy) is 2. The standard InChI is InChI=1S/C23H18F4O2/c1-2-14-7-10-18(23(27)20(14)24)28-11-13-3-5-15(6-4-13)16-8-9-17(19-12-29-19)22(26)21(16)25/h3-10,19H,2,11-12H2,1H3. The summed E-state index contributed by atoms with van der Waals surface area (Å²) in [5.41, 5.74) is 1.82. The first-order chi connectivity index (χ1) is 14.0. The molecule has 29 heavy (non-hydrogen) atoms. The Morgan fingerprint density at radius 1 is 0.862 bits per heavy atom. The third kappa shape index (κ3) is 3.85. The van der Waals surface area contributed by atoms with Crippen LogP contribution in [-0.4, -0.2) is 6.61 Å². The molecule has 0 N–H and O–H groups in total. The average molecular weight is 402 g/mol. The molecule has 0 aliphatic carbocycles. The Bertz CT molecular complexity index is 1040. The summed E-state index contributed by atoms with van der Waals surface area (Å²) in [5, 5.41) is 0. The van der Waals surface area contributed by atoms with Crippen LogP contribution in [-0.2, 0) is 17.8 Å². The van der Waals surface area contributed by atoms with Gasteiger partial charge >= 0.3 is 0 Å². The lowest BCUT2D eigenvalue weighted by Gasteiger charge is -2.11. The highest BCUT2D eigenvalue weighted by atomic mass is 19.2. The number of aryl methyl sites for hydroxylation is 1. The number of benzene rings is 3. The summed E-state index contributed by atoms with van der Waals surface area (Å²) in [4.78, 5) is 0. The maximum Gasteiger partial charge on any atom is 0.200 e. The van der Waals surface area contributed by atoms with Crippen molar-refractivity contribution >= 4 is 0 Å². The van der Waals surface area contributed by atoms with Crippen LogP contribution in [0.2, 0.25) is 0 Å². The fraction of sp³-hybridized carbons (Fsp3) is 0.217. The van der Waals surface area contributed by atoms with Crippen molar-refractivity contribution in [2.45, 2.75) is 26.1 Å². The molecule has 1 atom stereocenters. The summed E-state index contributed by atoms with van der Waals surface area (Å²) in [5.74, 6) is -3.91. The summed E-state index contributed by atoms with van der Waals surface area (Å²) in [6, 6.07) is 12.5. The zero-order valence-electron chi connectivity index (χ0n) is 15.6. The van der Waals surface area contributed by atoms with E-state index < -0.39 is 23.3 Å². The van der Waals surface area contributed by atoms with E-state index in [0.29, 0.717) is 24.2 Å². The van der Waals surface area contributed by atoms with Gasteiger partial charge in [-0.1, -0.05) is 49.4 Å². The van der Waals surface area contributed by atoms with Gasteiger partial charge in [0.1, 0.15) is 12.7 Å². The summed E-state index contributed by atoms with van der Waals surface area (Å²) in [6.07, 6.45) is 0.0192. The lowest BCUT2D eigenvalue weighted by atomic mass is 10.0. The minimum absolute atomic E-state index is 0.0108. The van der Waals surface area contributed by atoms with Crippen LogP contribution in [0, 0.1) is 23.3 Å². The van der Waals surface area contributed by atoms with Gasteiger partial charge in [0.25, 0.3) is 0 Å². The largest absolute Gasteiger partial charge is 0.486 e. The number of halogens is 4. The van der Waals surface area contributed by atoms with Crippen LogP contribution in [0.1, 0.15) is 29.7 Å². The van der Waals surface area contributed by atoms with Gasteiger partial charge in [0.05, 0.1) is 6.61 Å². The van der Waals surface area contributed by atoms with E-state index >= 15 is 0 Å². The highest BCUT2D eigenvalue weighted by Crippen LogP contribution is 2.35. The van der Waals surface area contributed by atoms with E-state index in [-0.39, 0.29) is 35.2 Å². The summed E-state index contributed by atoms with van der Waals surface area (Å²) < 4.78 is 66.9. The Hall–Kier alpha value is -2.86. The highest BCUT2D eigenvalue weighted by Gasteiger charge is 2.30. The van der Waals surface area contributed by atoms with Crippen molar-refractivity contribution in [3.8, 4) is 16.9 Å². The van der Waals surface area contributed by atoms with Crippen LogP contribution < -0.4 is 4.74 Å². The van der Waals surface area contributed by atoms with Crippen LogP contribution in [0.5, 0.6) is 5.75 Å². The zero-order valence-corrected chi connectivity index (χ0v) is 15.6. The molecule has 6 heteroatoms. The Kier molecular flexibility index (Phi) is 5.28. The van der Waals surface area contributed by atoms with Crippen LogP contribution in [0.15, 0.2) is 48.5 Å². The fourth-order valence-electron chi connectivity index (χ4n) is 3.16. The predicted octanol–water partition coefficient (Wildman–Crippen LogP) is 6.12. The first kappa shape index (κ1) is 19.5. The minimum atomic E-state index is -1.02. The first-order valence-corrected chi connectivity index (χ1v) is 9.28. The maximum atomic E-state index is 14.4. The number of hydrogen-bond donors (Lipinski definition) is 0. The number of rotatable bonds is 6. The number of hydrogen-bond acceptors (Lipinski definition) is 2. The molecule has 4 rings (SSSR count). The third-order valence-electron chi connectivity index (χ3n) is 4.96. The minimum Gasteiger partial charge on any atom is -0.486 e. The molecular formula is C23H18F4O2. The second kappa shape index (κ2) is 7.87. The molecule has 2 nitrogen and oxygen atoms in total. The van der Waals surface area contributed by atoms with E-state index in [1.165, 1.54) is 24.3 Å². The molecule has 0 saturated carbocycles. The lowest BCUT2D eigenvalue weighted by molar-refractivity contribution is 0.284. The molecule has 1 aliphatic rings. The summed E-state index contributed by atoms with van der Waals surface area (Å²) in [7, 11) is 0. The van der Waals surface area contributed by atoms with Crippen LogP contribution >= 0.6 is 0 Å². The van der Waals surface area contributed by atoms with Gasteiger partial charge in [0, 0.05) is 11.1 Å². The van der Waals surface area contributed by atoms with E-state index in [1.54, 1.807) is 31.2 Å². The van der Waals surface area contributed by atoms with E-state index in [1.807, 2.05) is 0 Å². The average Bonchev–Trinajstić information content (AvgIpc) is 3.57. The molecule has 1 aliphatic heterocycles. The van der Waals surface area contributed by atoms with E-state index in [2.05, 4.69) is 0 Å². The van der Waals surface area contributed by atoms with Gasteiger partial charge in [-0.3, -0.25) is 0 Å². The van der Waals surface area contributed by atoms with Gasteiger partial charge in [-0.15, -0.1) is 0 Å². The van der Waals surface area contributed by atoms with Crippen molar-refractivity contribution < 1.29 is 27.0 Å². The second-order valence-electron chi connectivity index (χ2n) is 6.84. The first-order valence-electron chi connectivity index (χ1n) is 9.28. The number of epoxide rings is 1. The van der Waals surface area contributed by atoms with Gasteiger partial charge in [-0.05, 0) is 29.2 Å². The Morgan fingerprint density at radius 3 is 2.24 bits per heavy atom. The van der Waals surface area contributed by atoms with Crippen molar-refractivity contribution in [3.63, 3.8) is 0 Å². The summed E-state index contributed by atoms with van der Waals surface area (Å²) in [6.45, 7) is 2.15. The highest BCUT2D eigenvalue weighted by molar-refractivity contribution is 5.65. The Balaban J connectivity index is 1.49. The van der Waals surface area contributed by atoms with Crippen molar-refractivity contribution in [3.05, 3.63) is 88.5 Å². The molecule has 0 aromatic heterocycles. The van der Waals surface area contributed by atoms with Gasteiger partial charge in [0.2, 0.25) is 5.82 Å². The van der Waals surface area contributed by atoms with Crippen molar-refractivity contribution in [1.82, 2.24) is 0 Å². The molecule has 3 aromatic rings. The smallest absolute Gasteiger partial charge is 0.200 e. The quantitative estimate of drug-likeness (QED) is 0.366. The van der Waals surface area contributed by atoms with Crippen LogP contribution in [0.4, 0.5) is 17.6 Å². The molecule has 1 saturated heterocycles. The third-order valence-corrected chi connectivity index (χ3v) is 4.96. The molecule has 0 spiro atoms. The van der Waals surface area contributed by atoms with Crippen LogP contribution in [0.25, 0.3) is 11.1 Å². The van der Waals surface area contributed by atoms with Crippen LogP contribution in [0.3, 0.4) is 0 Å². The lowest BCUT2D eigenvalue weighted by Crippen LogP contribution is -2.01. The Morgan fingerprint density at radius 2 is 1.59 bits per heavy atom. The molecule has 0 radical (unpaired) electrons. The normalized spacial score (nSPS) is 15.4. The monoisotopic (exact) mass is 402 g/mol. The predicted molar refractivity (Wildman–Crippen MR) is 101 cm³/mol. The van der Waals surface area contributed by atoms with Crippen molar-refractivity contribution in [2.75, 3.05) is 6.61 Å². The SMILES string of the molecule is CCc1ccc(OCc2ccc(-c3ccc(C4CO4)c(F)c3F)cc2)c(F)c1F. The van der Waals surface area contributed by atoms with Gasteiger partial charge < -0.3 is 9.47 Å². The van der Waals surface area contributed by atoms with Gasteiger partial charge in [-0.25, -0.2) is 13.2 Å². The molecular weight excluding hydrogens is 384 g/mol. The fourth-order valence-corrected chi connectivity index (χ4v) is 3.16. The molecule has 1 heterocycles. The van der Waals surface area contributed by atoms with E-state index in [0.717, 1.165) is 0 Å². The molecule has 0 amide bonds. The topological polar surface area (TPSA) is 21.8 Å². The molecule has 3 aromatic carbocycles. The molecule has 150 valence electrons. The van der Waals surface area contributed by atoms with Gasteiger partial charge in [0.15, 0.2) is 23.2 Å².